The minimum Gasteiger partial charge on any atom is -0.204 e. The largest absolute Gasteiger partial charge is 0.308 e. The highest BCUT2D eigenvalue weighted by Gasteiger charge is 2.41. The van der Waals surface area contributed by atoms with Gasteiger partial charge in [-0.3, -0.25) is 0 Å². The van der Waals surface area contributed by atoms with E-state index in [1.165, 1.54) is 6.08 Å². The minimum atomic E-state index is -3.89. The Morgan fingerprint density at radius 3 is 2.18 bits per heavy atom. The average molecular weight is 282 g/mol. The normalized spacial score (nSPS) is 15.1. The van der Waals surface area contributed by atoms with E-state index in [9.17, 15) is 17.6 Å². The summed E-state index contributed by atoms with van der Waals surface area (Å²) in [6, 6.07) is 0. The molecule has 1 unspecified atom stereocenters. The van der Waals surface area contributed by atoms with Crippen molar-refractivity contribution in [2.75, 3.05) is 0 Å². The van der Waals surface area contributed by atoms with E-state index in [0.717, 1.165) is 0 Å². The van der Waals surface area contributed by atoms with Gasteiger partial charge in [0.1, 0.15) is 0 Å². The Morgan fingerprint density at radius 2 is 1.91 bits per heavy atom. The van der Waals surface area contributed by atoms with Crippen LogP contribution in [0.15, 0.2) is 12.7 Å². The van der Waals surface area contributed by atoms with Crippen molar-refractivity contribution in [2.45, 2.75) is 22.7 Å². The summed E-state index contributed by atoms with van der Waals surface area (Å²) >= 11 is 1.63. The monoisotopic (exact) mass is 282 g/mol. The van der Waals surface area contributed by atoms with E-state index < -0.39 is 22.7 Å². The van der Waals surface area contributed by atoms with Gasteiger partial charge in [-0.05, 0) is 0 Å². The van der Waals surface area contributed by atoms with Crippen molar-refractivity contribution in [3.63, 3.8) is 0 Å². The summed E-state index contributed by atoms with van der Waals surface area (Å²) in [5.74, 6) is -3.89. The lowest BCUT2D eigenvalue weighted by Crippen LogP contribution is -2.29. The number of alkyl halides is 5. The molecule has 0 bridgehead atoms. The molecule has 0 amide bonds. The molecule has 66 valence electrons. The lowest BCUT2D eigenvalue weighted by Gasteiger charge is -2.16. The van der Waals surface area contributed by atoms with Gasteiger partial charge in [0.25, 0.3) is 0 Å². The highest BCUT2D eigenvalue weighted by molar-refractivity contribution is 14.1. The maximum Gasteiger partial charge on any atom is 0.308 e. The van der Waals surface area contributed by atoms with Gasteiger partial charge >= 0.3 is 12.3 Å². The smallest absolute Gasteiger partial charge is 0.204 e. The molecule has 0 aliphatic heterocycles. The van der Waals surface area contributed by atoms with Crippen molar-refractivity contribution in [3.05, 3.63) is 12.7 Å². The molecule has 0 aromatic heterocycles. The molecule has 0 nitrogen and oxygen atoms in total. The Bertz CT molecular complexity index is 135. The van der Waals surface area contributed by atoms with Gasteiger partial charge in [0, 0.05) is 10.3 Å². The molecular formula is C6H7F4I. The summed E-state index contributed by atoms with van der Waals surface area (Å²) in [4.78, 5) is 0. The van der Waals surface area contributed by atoms with Crippen LogP contribution >= 0.6 is 22.6 Å². The molecule has 0 heterocycles. The Balaban J connectivity index is 4.00. The van der Waals surface area contributed by atoms with Crippen molar-refractivity contribution < 1.29 is 17.6 Å². The molecule has 0 saturated heterocycles. The highest BCUT2D eigenvalue weighted by Crippen LogP contribution is 2.30. The Hall–Kier alpha value is 0.190. The fourth-order valence-corrected chi connectivity index (χ4v) is 1.02. The van der Waals surface area contributed by atoms with Crippen molar-refractivity contribution in [1.29, 1.82) is 0 Å². The van der Waals surface area contributed by atoms with Gasteiger partial charge in [-0.2, -0.15) is 0 Å². The summed E-state index contributed by atoms with van der Waals surface area (Å²) in [6.07, 6.45) is -3.22. The van der Waals surface area contributed by atoms with E-state index in [2.05, 4.69) is 6.58 Å². The fraction of sp³-hybridized carbons (Fsp3) is 0.667. The lowest BCUT2D eigenvalue weighted by atomic mass is 10.2. The van der Waals surface area contributed by atoms with E-state index in [-0.39, 0.29) is 0 Å². The number of halogens is 5. The van der Waals surface area contributed by atoms with Gasteiger partial charge in [-0.25, -0.2) is 17.6 Å². The van der Waals surface area contributed by atoms with Crippen LogP contribution in [0.1, 0.15) is 6.42 Å². The van der Waals surface area contributed by atoms with Gasteiger partial charge in [-0.1, -0.05) is 28.7 Å². The van der Waals surface area contributed by atoms with Gasteiger partial charge < -0.3 is 0 Å². The zero-order valence-corrected chi connectivity index (χ0v) is 7.69. The van der Waals surface area contributed by atoms with E-state index in [4.69, 9.17) is 0 Å². The van der Waals surface area contributed by atoms with Gasteiger partial charge in [0.05, 0.1) is 0 Å². The van der Waals surface area contributed by atoms with Gasteiger partial charge in [0.15, 0.2) is 0 Å². The lowest BCUT2D eigenvalue weighted by molar-refractivity contribution is -0.130. The minimum absolute atomic E-state index is 0.614. The molecule has 5 heteroatoms. The number of hydrogen-bond acceptors (Lipinski definition) is 0. The topological polar surface area (TPSA) is 0 Å². The molecule has 0 aromatic rings. The molecule has 0 spiro atoms. The van der Waals surface area contributed by atoms with Crippen LogP contribution in [0.2, 0.25) is 0 Å². The second-order valence-electron chi connectivity index (χ2n) is 2.02. The Morgan fingerprint density at radius 1 is 1.45 bits per heavy atom. The molecule has 0 radical (unpaired) electrons. The summed E-state index contributed by atoms with van der Waals surface area (Å²) in [5.41, 5.74) is 0. The van der Waals surface area contributed by atoms with Crippen LogP contribution in [0, 0.1) is 0 Å². The van der Waals surface area contributed by atoms with Crippen molar-refractivity contribution >= 4 is 22.6 Å². The molecule has 1 atom stereocenters. The summed E-state index contributed by atoms with van der Waals surface area (Å²) in [5, 5.41) is 0. The second-order valence-corrected chi connectivity index (χ2v) is 3.62. The zero-order valence-electron chi connectivity index (χ0n) is 5.54. The predicted octanol–water partition coefficient (Wildman–Crippen LogP) is 3.27. The number of rotatable bonds is 4. The van der Waals surface area contributed by atoms with Crippen molar-refractivity contribution in [2.24, 2.45) is 0 Å². The van der Waals surface area contributed by atoms with Crippen LogP contribution in [-0.2, 0) is 0 Å². The van der Waals surface area contributed by atoms with Crippen LogP contribution in [0.3, 0.4) is 0 Å². The van der Waals surface area contributed by atoms with Crippen LogP contribution in [0.4, 0.5) is 17.6 Å². The highest BCUT2D eigenvalue weighted by atomic mass is 127. The zero-order chi connectivity index (χ0) is 9.07. The summed E-state index contributed by atoms with van der Waals surface area (Å²) in [7, 11) is 0. The quantitative estimate of drug-likeness (QED) is 0.321. The molecule has 0 aliphatic rings. The first-order chi connectivity index (χ1) is 4.90. The number of allylic oxidation sites excluding steroid dienone is 1. The SMILES string of the molecule is C=CC(I)CC(F)(F)C(F)F. The van der Waals surface area contributed by atoms with Crippen LogP contribution in [-0.4, -0.2) is 16.3 Å². The van der Waals surface area contributed by atoms with Crippen molar-refractivity contribution in [1.82, 2.24) is 0 Å². The first-order valence-electron chi connectivity index (χ1n) is 2.82. The Labute approximate surface area is 75.8 Å². The molecule has 0 aromatic carbocycles. The van der Waals surface area contributed by atoms with E-state index in [1.54, 1.807) is 22.6 Å². The second kappa shape index (κ2) is 4.27. The number of hydrogen-bond donors (Lipinski definition) is 0. The molecule has 0 rings (SSSR count). The summed E-state index contributed by atoms with van der Waals surface area (Å²) in [6.45, 7) is 3.22. The first kappa shape index (κ1) is 11.2. The first-order valence-corrected chi connectivity index (χ1v) is 4.07. The molecule has 11 heavy (non-hydrogen) atoms. The maximum absolute atomic E-state index is 12.2. The van der Waals surface area contributed by atoms with Crippen LogP contribution in [0.25, 0.3) is 0 Å². The third-order valence-corrected chi connectivity index (χ3v) is 1.99. The molecule has 0 saturated carbocycles. The molecule has 0 fully saturated rings. The van der Waals surface area contributed by atoms with Crippen LogP contribution in [0.5, 0.6) is 0 Å². The Kier molecular flexibility index (Phi) is 4.35. The van der Waals surface area contributed by atoms with Crippen LogP contribution < -0.4 is 0 Å². The molecule has 0 N–H and O–H groups in total. The maximum atomic E-state index is 12.2. The third-order valence-electron chi connectivity index (χ3n) is 1.04. The predicted molar refractivity (Wildman–Crippen MR) is 43.6 cm³/mol. The summed E-state index contributed by atoms with van der Waals surface area (Å²) < 4.78 is 46.8. The third kappa shape index (κ3) is 3.93. The van der Waals surface area contributed by atoms with E-state index in [0.29, 0.717) is 0 Å². The van der Waals surface area contributed by atoms with Gasteiger partial charge in [0.2, 0.25) is 0 Å². The average Bonchev–Trinajstić information content (AvgIpc) is 1.86. The van der Waals surface area contributed by atoms with E-state index in [1.807, 2.05) is 0 Å². The molecule has 0 aliphatic carbocycles. The van der Waals surface area contributed by atoms with Gasteiger partial charge in [-0.15, -0.1) is 6.58 Å². The van der Waals surface area contributed by atoms with Crippen molar-refractivity contribution in [3.8, 4) is 0 Å². The fourth-order valence-electron chi connectivity index (χ4n) is 0.432. The standard InChI is InChI=1S/C6H7F4I/c1-2-4(11)3-6(9,10)5(7)8/h2,4-5H,1,3H2. The van der Waals surface area contributed by atoms with E-state index >= 15 is 0 Å². The molecular weight excluding hydrogens is 275 g/mol.